The van der Waals surface area contributed by atoms with Crippen LogP contribution in [0.4, 0.5) is 5.69 Å². The molecule has 0 aliphatic rings. The number of aryl methyl sites for hydroxylation is 2. The summed E-state index contributed by atoms with van der Waals surface area (Å²) in [7, 11) is 0. The van der Waals surface area contributed by atoms with E-state index in [-0.39, 0.29) is 5.78 Å². The number of carbonyl (C=O) groups excluding carboxylic acids is 1. The van der Waals surface area contributed by atoms with Crippen LogP contribution >= 0.6 is 0 Å². The van der Waals surface area contributed by atoms with E-state index in [4.69, 9.17) is 4.74 Å². The van der Waals surface area contributed by atoms with Gasteiger partial charge in [-0.2, -0.15) is 0 Å². The monoisotopic (exact) mass is 295 g/mol. The average molecular weight is 295 g/mol. The molecule has 0 fully saturated rings. The molecule has 0 saturated heterocycles. The standard InChI is InChI=1S/C19H21NO2/c1-4-22-17-9-7-16(8-10-17)19(21)11-12-20-18-13-14(2)5-6-15(18)3/h5-13,20H,4H2,1-3H3. The van der Waals surface area contributed by atoms with Crippen molar-refractivity contribution in [3.8, 4) is 5.75 Å². The van der Waals surface area contributed by atoms with Gasteiger partial charge in [0, 0.05) is 23.5 Å². The van der Waals surface area contributed by atoms with Crippen LogP contribution in [0.15, 0.2) is 54.7 Å². The third kappa shape index (κ3) is 4.22. The normalized spacial score (nSPS) is 10.7. The number of ketones is 1. The summed E-state index contributed by atoms with van der Waals surface area (Å²) in [6.07, 6.45) is 3.22. The second kappa shape index (κ2) is 7.46. The van der Waals surface area contributed by atoms with Gasteiger partial charge < -0.3 is 10.1 Å². The van der Waals surface area contributed by atoms with E-state index in [9.17, 15) is 4.79 Å². The smallest absolute Gasteiger partial charge is 0.187 e. The minimum absolute atomic E-state index is 0.0409. The van der Waals surface area contributed by atoms with Gasteiger partial charge >= 0.3 is 0 Å². The quantitative estimate of drug-likeness (QED) is 0.629. The summed E-state index contributed by atoms with van der Waals surface area (Å²) in [6, 6.07) is 13.3. The fraction of sp³-hybridized carbons (Fsp3) is 0.211. The molecule has 2 aromatic rings. The van der Waals surface area contributed by atoms with E-state index in [2.05, 4.69) is 23.5 Å². The Morgan fingerprint density at radius 1 is 1.14 bits per heavy atom. The lowest BCUT2D eigenvalue weighted by atomic mass is 10.1. The van der Waals surface area contributed by atoms with E-state index < -0.39 is 0 Å². The molecule has 2 rings (SSSR count). The molecule has 0 aliphatic carbocycles. The summed E-state index contributed by atoms with van der Waals surface area (Å²) < 4.78 is 5.36. The lowest BCUT2D eigenvalue weighted by molar-refractivity contribution is 0.104. The first-order valence-corrected chi connectivity index (χ1v) is 7.37. The Bertz CT molecular complexity index is 672. The summed E-state index contributed by atoms with van der Waals surface area (Å²) in [6.45, 7) is 6.62. The molecule has 2 aromatic carbocycles. The zero-order valence-electron chi connectivity index (χ0n) is 13.2. The molecule has 3 heteroatoms. The van der Waals surface area contributed by atoms with Gasteiger partial charge in [0.2, 0.25) is 0 Å². The van der Waals surface area contributed by atoms with Crippen LogP contribution in [-0.4, -0.2) is 12.4 Å². The maximum Gasteiger partial charge on any atom is 0.187 e. The minimum atomic E-state index is -0.0409. The van der Waals surface area contributed by atoms with Gasteiger partial charge in [0.05, 0.1) is 6.61 Å². The molecular weight excluding hydrogens is 274 g/mol. The van der Waals surface area contributed by atoms with Crippen LogP contribution in [0.1, 0.15) is 28.4 Å². The fourth-order valence-electron chi connectivity index (χ4n) is 2.08. The van der Waals surface area contributed by atoms with Gasteiger partial charge in [-0.15, -0.1) is 0 Å². The Balaban J connectivity index is 2.00. The van der Waals surface area contributed by atoms with Crippen molar-refractivity contribution < 1.29 is 9.53 Å². The summed E-state index contributed by atoms with van der Waals surface area (Å²) in [5.74, 6) is 0.734. The minimum Gasteiger partial charge on any atom is -0.494 e. The van der Waals surface area contributed by atoms with E-state index in [1.54, 1.807) is 18.3 Å². The van der Waals surface area contributed by atoms with E-state index in [1.165, 1.54) is 11.6 Å². The second-order valence-electron chi connectivity index (χ2n) is 5.12. The summed E-state index contributed by atoms with van der Waals surface area (Å²) in [5.41, 5.74) is 3.97. The Hall–Kier alpha value is -2.55. The molecule has 0 bridgehead atoms. The number of benzene rings is 2. The summed E-state index contributed by atoms with van der Waals surface area (Å²) in [4.78, 5) is 12.1. The van der Waals surface area contributed by atoms with Crippen LogP contribution < -0.4 is 10.1 Å². The molecule has 0 aliphatic heterocycles. The highest BCUT2D eigenvalue weighted by atomic mass is 16.5. The molecule has 0 amide bonds. The van der Waals surface area contributed by atoms with Crippen molar-refractivity contribution in [2.45, 2.75) is 20.8 Å². The molecule has 0 saturated carbocycles. The van der Waals surface area contributed by atoms with Gasteiger partial charge in [0.1, 0.15) is 5.75 Å². The molecule has 0 unspecified atom stereocenters. The maximum absolute atomic E-state index is 12.1. The third-order valence-electron chi connectivity index (χ3n) is 3.32. The summed E-state index contributed by atoms with van der Waals surface area (Å²) in [5, 5.41) is 3.16. The van der Waals surface area contributed by atoms with Crippen molar-refractivity contribution >= 4 is 11.5 Å². The number of ether oxygens (including phenoxy) is 1. The molecule has 1 N–H and O–H groups in total. The van der Waals surface area contributed by atoms with E-state index in [1.807, 2.05) is 32.9 Å². The number of hydrogen-bond donors (Lipinski definition) is 1. The third-order valence-corrected chi connectivity index (χ3v) is 3.32. The fourth-order valence-corrected chi connectivity index (χ4v) is 2.08. The lowest BCUT2D eigenvalue weighted by Crippen LogP contribution is -1.98. The highest BCUT2D eigenvalue weighted by Crippen LogP contribution is 2.16. The van der Waals surface area contributed by atoms with Crippen LogP contribution in [-0.2, 0) is 0 Å². The predicted molar refractivity (Wildman–Crippen MR) is 90.6 cm³/mol. The second-order valence-corrected chi connectivity index (χ2v) is 5.12. The Morgan fingerprint density at radius 3 is 2.55 bits per heavy atom. The van der Waals surface area contributed by atoms with Crippen LogP contribution in [0.3, 0.4) is 0 Å². The van der Waals surface area contributed by atoms with E-state index in [0.717, 1.165) is 17.0 Å². The highest BCUT2D eigenvalue weighted by Gasteiger charge is 2.02. The van der Waals surface area contributed by atoms with Crippen molar-refractivity contribution in [1.82, 2.24) is 0 Å². The number of rotatable bonds is 6. The largest absolute Gasteiger partial charge is 0.494 e. The van der Waals surface area contributed by atoms with Gasteiger partial charge in [-0.05, 0) is 62.2 Å². The Kier molecular flexibility index (Phi) is 5.37. The van der Waals surface area contributed by atoms with Crippen molar-refractivity contribution in [2.75, 3.05) is 11.9 Å². The first kappa shape index (κ1) is 15.8. The van der Waals surface area contributed by atoms with Crippen LogP contribution in [0.2, 0.25) is 0 Å². The zero-order chi connectivity index (χ0) is 15.9. The Labute approximate surface area is 131 Å². The van der Waals surface area contributed by atoms with Gasteiger partial charge in [-0.3, -0.25) is 4.79 Å². The number of carbonyl (C=O) groups is 1. The molecule has 114 valence electrons. The SMILES string of the molecule is CCOc1ccc(C(=O)C=CNc2cc(C)ccc2C)cc1. The van der Waals surface area contributed by atoms with E-state index >= 15 is 0 Å². The molecule has 0 radical (unpaired) electrons. The maximum atomic E-state index is 12.1. The van der Waals surface area contributed by atoms with Crippen molar-refractivity contribution in [3.05, 3.63) is 71.4 Å². The number of hydrogen-bond acceptors (Lipinski definition) is 3. The lowest BCUT2D eigenvalue weighted by Gasteiger charge is -2.06. The zero-order valence-corrected chi connectivity index (χ0v) is 13.2. The van der Waals surface area contributed by atoms with Crippen LogP contribution in [0.5, 0.6) is 5.75 Å². The van der Waals surface area contributed by atoms with Crippen LogP contribution in [0.25, 0.3) is 0 Å². The molecule has 0 spiro atoms. The molecule has 0 aromatic heterocycles. The molecule has 22 heavy (non-hydrogen) atoms. The topological polar surface area (TPSA) is 38.3 Å². The first-order chi connectivity index (χ1) is 10.6. The average Bonchev–Trinajstić information content (AvgIpc) is 2.51. The molecular formula is C19H21NO2. The number of nitrogens with one attached hydrogen (secondary N) is 1. The number of allylic oxidation sites excluding steroid dienone is 1. The van der Waals surface area contributed by atoms with Gasteiger partial charge in [-0.1, -0.05) is 12.1 Å². The van der Waals surface area contributed by atoms with Crippen molar-refractivity contribution in [1.29, 1.82) is 0 Å². The Morgan fingerprint density at radius 2 is 1.86 bits per heavy atom. The van der Waals surface area contributed by atoms with Gasteiger partial charge in [0.25, 0.3) is 0 Å². The first-order valence-electron chi connectivity index (χ1n) is 7.37. The summed E-state index contributed by atoms with van der Waals surface area (Å²) >= 11 is 0. The highest BCUT2D eigenvalue weighted by molar-refractivity contribution is 6.04. The van der Waals surface area contributed by atoms with Gasteiger partial charge in [0.15, 0.2) is 5.78 Å². The predicted octanol–water partition coefficient (Wildman–Crippen LogP) is 4.51. The molecule has 3 nitrogen and oxygen atoms in total. The molecule has 0 atom stereocenters. The molecule has 0 heterocycles. The number of anilines is 1. The van der Waals surface area contributed by atoms with Crippen LogP contribution in [0, 0.1) is 13.8 Å². The van der Waals surface area contributed by atoms with E-state index in [0.29, 0.717) is 12.2 Å². The van der Waals surface area contributed by atoms with Crippen molar-refractivity contribution in [2.24, 2.45) is 0 Å². The van der Waals surface area contributed by atoms with Gasteiger partial charge in [-0.25, -0.2) is 0 Å². The van der Waals surface area contributed by atoms with Crippen molar-refractivity contribution in [3.63, 3.8) is 0 Å².